The van der Waals surface area contributed by atoms with Crippen molar-refractivity contribution in [1.29, 1.82) is 0 Å². The molecule has 0 aromatic heterocycles. The van der Waals surface area contributed by atoms with Crippen LogP contribution in [0.1, 0.15) is 34.3 Å². The number of nitrogens with one attached hydrogen (secondary N) is 2. The van der Waals surface area contributed by atoms with E-state index in [1.807, 2.05) is 54.6 Å². The molecule has 0 saturated carbocycles. The molecule has 14 heteroatoms. The molecule has 1 amide bonds. The van der Waals surface area contributed by atoms with E-state index in [1.54, 1.807) is 30.0 Å². The molecule has 0 radical (unpaired) electrons. The lowest BCUT2D eigenvalue weighted by Crippen LogP contribution is -2.46. The van der Waals surface area contributed by atoms with E-state index in [0.717, 1.165) is 80.5 Å². The Balaban J connectivity index is 0.994. The van der Waals surface area contributed by atoms with Crippen molar-refractivity contribution in [2.24, 2.45) is 0 Å². The zero-order valence-corrected chi connectivity index (χ0v) is 37.1. The normalized spacial score (nSPS) is 16.1. The molecule has 5 aromatic carbocycles. The van der Waals surface area contributed by atoms with E-state index >= 15 is 0 Å². The molecule has 2 atom stereocenters. The Morgan fingerprint density at radius 2 is 1.53 bits per heavy atom. The number of nitrogens with zero attached hydrogens (tertiary/aromatic N) is 3. The SMILES string of the molecule is O=CCCC(O)Cc1cc(S(=O)(=O)NC(=O)c2ccc(N3CCN(Cc4ccccc4-c4ccc(Cl)cc4)CC3)cc2)ccc1N[C@@H](CSc1ccccc1)CN1CCOCC1. The number of morpholine rings is 1. The van der Waals surface area contributed by atoms with Crippen molar-refractivity contribution in [3.8, 4) is 11.1 Å². The summed E-state index contributed by atoms with van der Waals surface area (Å²) in [6, 6.07) is 38.2. The maximum absolute atomic E-state index is 13.8. The second kappa shape index (κ2) is 22.1. The van der Waals surface area contributed by atoms with Gasteiger partial charge < -0.3 is 24.9 Å². The summed E-state index contributed by atoms with van der Waals surface area (Å²) in [5.41, 5.74) is 6.03. The fourth-order valence-corrected chi connectivity index (χ4v) is 9.95. The number of halogens is 1. The van der Waals surface area contributed by atoms with Gasteiger partial charge in [0.15, 0.2) is 0 Å². The molecule has 62 heavy (non-hydrogen) atoms. The van der Waals surface area contributed by atoms with E-state index in [9.17, 15) is 23.1 Å². The van der Waals surface area contributed by atoms with Crippen LogP contribution in [-0.2, 0) is 32.5 Å². The van der Waals surface area contributed by atoms with Crippen LogP contribution in [0.3, 0.4) is 0 Å². The van der Waals surface area contributed by atoms with Crippen molar-refractivity contribution in [3.05, 3.63) is 143 Å². The Morgan fingerprint density at radius 3 is 2.26 bits per heavy atom. The number of aliphatic hydroxyl groups is 1. The number of ether oxygens (including phenoxy) is 1. The second-order valence-electron chi connectivity index (χ2n) is 15.7. The predicted molar refractivity (Wildman–Crippen MR) is 249 cm³/mol. The summed E-state index contributed by atoms with van der Waals surface area (Å²) in [5.74, 6) is -0.000463. The van der Waals surface area contributed by atoms with Crippen molar-refractivity contribution in [1.82, 2.24) is 14.5 Å². The van der Waals surface area contributed by atoms with Gasteiger partial charge in [-0.2, -0.15) is 0 Å². The van der Waals surface area contributed by atoms with Crippen LogP contribution in [0.25, 0.3) is 11.1 Å². The van der Waals surface area contributed by atoms with Gasteiger partial charge in [0.25, 0.3) is 15.9 Å². The molecule has 2 aliphatic rings. The minimum absolute atomic E-state index is 0.0265. The van der Waals surface area contributed by atoms with Crippen LogP contribution in [0, 0.1) is 0 Å². The van der Waals surface area contributed by atoms with E-state index in [0.29, 0.717) is 29.5 Å². The molecule has 1 unspecified atom stereocenters. The Labute approximate surface area is 374 Å². The molecule has 326 valence electrons. The van der Waals surface area contributed by atoms with Gasteiger partial charge in [0.2, 0.25) is 0 Å². The van der Waals surface area contributed by atoms with Gasteiger partial charge in [-0.25, -0.2) is 13.1 Å². The number of thioether (sulfide) groups is 1. The first-order valence-electron chi connectivity index (χ1n) is 21.1. The first kappa shape index (κ1) is 45.3. The van der Waals surface area contributed by atoms with E-state index in [1.165, 1.54) is 23.3 Å². The molecule has 11 nitrogen and oxygen atoms in total. The molecule has 3 N–H and O–H groups in total. The fraction of sp³-hybridized carbons (Fsp3) is 0.333. The smallest absolute Gasteiger partial charge is 0.264 e. The molecule has 2 aliphatic heterocycles. The molecule has 2 heterocycles. The Hall–Kier alpha value is -4.73. The summed E-state index contributed by atoms with van der Waals surface area (Å²) < 4.78 is 35.4. The van der Waals surface area contributed by atoms with E-state index in [4.69, 9.17) is 16.3 Å². The van der Waals surface area contributed by atoms with Crippen molar-refractivity contribution in [2.75, 3.05) is 75.0 Å². The molecular formula is C48H54ClN5O6S2. The van der Waals surface area contributed by atoms with Crippen LogP contribution in [-0.4, -0.2) is 112 Å². The standard InChI is InChI=1S/C48H54ClN5O6S2/c49-40-16-12-36(13-17-40)46-11-5-4-7-38(46)33-52-22-24-54(25-23-52)42-18-14-37(15-19-42)48(57)51-62(58,59)45-20-21-47(39(32-45)31-43(56)8-6-28-55)50-41(34-53-26-29-60-30-27-53)35-61-44-9-2-1-3-10-44/h1-5,7,9-21,28,32,41,43,50,56H,6,8,22-27,29-31,33-35H2,(H,51,57)/t41-,43?/m1/s1. The maximum Gasteiger partial charge on any atom is 0.264 e. The monoisotopic (exact) mass is 895 g/mol. The van der Waals surface area contributed by atoms with E-state index in [2.05, 4.69) is 61.1 Å². The van der Waals surface area contributed by atoms with Gasteiger partial charge >= 0.3 is 0 Å². The average Bonchev–Trinajstić information content (AvgIpc) is 3.29. The number of aliphatic hydroxyl groups excluding tert-OH is 1. The number of anilines is 2. The Bertz CT molecular complexity index is 2340. The maximum atomic E-state index is 13.8. The lowest BCUT2D eigenvalue weighted by Gasteiger charge is -2.36. The molecule has 0 spiro atoms. The van der Waals surface area contributed by atoms with Crippen LogP contribution in [0.5, 0.6) is 0 Å². The second-order valence-corrected chi connectivity index (χ2v) is 18.9. The van der Waals surface area contributed by atoms with Crippen LogP contribution in [0.2, 0.25) is 5.02 Å². The Morgan fingerprint density at radius 1 is 0.823 bits per heavy atom. The minimum atomic E-state index is -4.30. The highest BCUT2D eigenvalue weighted by Gasteiger charge is 2.25. The van der Waals surface area contributed by atoms with Gasteiger partial charge in [-0.05, 0) is 95.4 Å². The largest absolute Gasteiger partial charge is 0.393 e. The van der Waals surface area contributed by atoms with Gasteiger partial charge in [0, 0.05) is 104 Å². The third kappa shape index (κ3) is 12.7. The summed E-state index contributed by atoms with van der Waals surface area (Å²) in [6.07, 6.45) is 0.430. The molecule has 5 aromatic rings. The zero-order valence-electron chi connectivity index (χ0n) is 34.7. The van der Waals surface area contributed by atoms with Crippen LogP contribution in [0.15, 0.2) is 131 Å². The van der Waals surface area contributed by atoms with Crippen LogP contribution >= 0.6 is 23.4 Å². The van der Waals surface area contributed by atoms with Crippen molar-refractivity contribution in [2.45, 2.75) is 47.7 Å². The molecule has 7 rings (SSSR count). The molecule has 0 bridgehead atoms. The van der Waals surface area contributed by atoms with E-state index < -0.39 is 22.0 Å². The zero-order chi connectivity index (χ0) is 43.3. The number of benzene rings is 5. The first-order chi connectivity index (χ1) is 30.1. The van der Waals surface area contributed by atoms with Gasteiger partial charge in [-0.3, -0.25) is 14.6 Å². The number of hydrogen-bond acceptors (Lipinski definition) is 11. The molecule has 2 fully saturated rings. The summed E-state index contributed by atoms with van der Waals surface area (Å²) >= 11 is 7.87. The lowest BCUT2D eigenvalue weighted by atomic mass is 9.99. The van der Waals surface area contributed by atoms with E-state index in [-0.39, 0.29) is 35.8 Å². The third-order valence-electron chi connectivity index (χ3n) is 11.3. The van der Waals surface area contributed by atoms with Crippen molar-refractivity contribution in [3.63, 3.8) is 0 Å². The number of carbonyl (C=O) groups is 2. The summed E-state index contributed by atoms with van der Waals surface area (Å²) in [4.78, 5) is 32.6. The molecular weight excluding hydrogens is 842 g/mol. The molecule has 0 aliphatic carbocycles. The number of rotatable bonds is 19. The minimum Gasteiger partial charge on any atom is -0.393 e. The molecule has 2 saturated heterocycles. The number of amides is 1. The third-order valence-corrected chi connectivity index (χ3v) is 14.0. The van der Waals surface area contributed by atoms with Gasteiger partial charge in [0.05, 0.1) is 24.2 Å². The van der Waals surface area contributed by atoms with Gasteiger partial charge in [-0.15, -0.1) is 11.8 Å². The average molecular weight is 897 g/mol. The highest BCUT2D eigenvalue weighted by atomic mass is 35.5. The van der Waals surface area contributed by atoms with Crippen molar-refractivity contribution < 1.29 is 27.9 Å². The fourth-order valence-electron chi connectivity index (χ4n) is 7.87. The highest BCUT2D eigenvalue weighted by Crippen LogP contribution is 2.29. The quantitative estimate of drug-likeness (QED) is 0.0573. The van der Waals surface area contributed by atoms with Gasteiger partial charge in [0.1, 0.15) is 6.29 Å². The summed E-state index contributed by atoms with van der Waals surface area (Å²) in [6.45, 7) is 7.84. The lowest BCUT2D eigenvalue weighted by molar-refractivity contribution is -0.108. The number of carbonyl (C=O) groups excluding carboxylic acids is 2. The topological polar surface area (TPSA) is 132 Å². The van der Waals surface area contributed by atoms with Gasteiger partial charge in [-0.1, -0.05) is 66.2 Å². The first-order valence-corrected chi connectivity index (χ1v) is 24.0. The van der Waals surface area contributed by atoms with Crippen molar-refractivity contribution >= 4 is 57.0 Å². The predicted octanol–water partition coefficient (Wildman–Crippen LogP) is 7.24. The number of hydrogen-bond donors (Lipinski definition) is 3. The van der Waals surface area contributed by atoms with Crippen LogP contribution < -0.4 is 14.9 Å². The Kier molecular flexibility index (Phi) is 16.1. The van der Waals surface area contributed by atoms with Crippen LogP contribution in [0.4, 0.5) is 11.4 Å². The number of aldehydes is 1. The summed E-state index contributed by atoms with van der Waals surface area (Å²) in [5, 5.41) is 15.3. The number of sulfonamides is 1. The number of piperazine rings is 1. The highest BCUT2D eigenvalue weighted by molar-refractivity contribution is 7.99. The summed E-state index contributed by atoms with van der Waals surface area (Å²) in [7, 11) is -4.30.